The first-order valence-electron chi connectivity index (χ1n) is 8.60. The highest BCUT2D eigenvalue weighted by Gasteiger charge is 2.24. The van der Waals surface area contributed by atoms with E-state index in [9.17, 15) is 14.4 Å². The lowest BCUT2D eigenvalue weighted by atomic mass is 10.2. The van der Waals surface area contributed by atoms with Crippen LogP contribution in [0.5, 0.6) is 0 Å². The predicted octanol–water partition coefficient (Wildman–Crippen LogP) is 1.60. The number of fused-ring (bicyclic) bond motifs is 3. The van der Waals surface area contributed by atoms with Gasteiger partial charge in [-0.3, -0.25) is 23.1 Å². The van der Waals surface area contributed by atoms with Crippen molar-refractivity contribution < 1.29 is 4.79 Å². The molecular weight excluding hydrogens is 346 g/mol. The Morgan fingerprint density at radius 1 is 1.15 bits per heavy atom. The maximum Gasteiger partial charge on any atom is 0.333 e. The Morgan fingerprint density at radius 3 is 2.44 bits per heavy atom. The van der Waals surface area contributed by atoms with Crippen LogP contribution in [0.3, 0.4) is 0 Å². The minimum Gasteiger partial charge on any atom is -0.298 e. The van der Waals surface area contributed by atoms with E-state index in [1.807, 2.05) is 48.0 Å². The van der Waals surface area contributed by atoms with Gasteiger partial charge in [-0.2, -0.15) is 4.98 Å². The molecule has 0 unspecified atom stereocenters. The van der Waals surface area contributed by atoms with Crippen molar-refractivity contribution in [3.8, 4) is 5.69 Å². The van der Waals surface area contributed by atoms with Gasteiger partial charge in [-0.15, -0.1) is 0 Å². The molecule has 0 aliphatic heterocycles. The van der Waals surface area contributed by atoms with Gasteiger partial charge in [-0.05, 0) is 32.9 Å². The molecule has 0 N–H and O–H groups in total. The van der Waals surface area contributed by atoms with Gasteiger partial charge in [0.05, 0.1) is 6.04 Å². The number of aryl methyl sites for hydroxylation is 2. The number of para-hydroxylation sites is 1. The summed E-state index contributed by atoms with van der Waals surface area (Å²) in [6, 6.07) is 8.82. The summed E-state index contributed by atoms with van der Waals surface area (Å²) >= 11 is 0. The van der Waals surface area contributed by atoms with Crippen LogP contribution in [0.4, 0.5) is 0 Å². The number of hydrogen-bond acceptors (Lipinski definition) is 4. The van der Waals surface area contributed by atoms with E-state index < -0.39 is 17.3 Å². The zero-order chi connectivity index (χ0) is 19.5. The van der Waals surface area contributed by atoms with Crippen LogP contribution >= 0.6 is 0 Å². The summed E-state index contributed by atoms with van der Waals surface area (Å²) in [5, 5.41) is 0. The Hall–Kier alpha value is -3.42. The summed E-state index contributed by atoms with van der Waals surface area (Å²) in [5.74, 6) is 0.279. The minimum atomic E-state index is -0.844. The van der Waals surface area contributed by atoms with Gasteiger partial charge in [-0.25, -0.2) is 9.36 Å². The molecule has 0 aliphatic rings. The zero-order valence-corrected chi connectivity index (χ0v) is 15.5. The Labute approximate surface area is 153 Å². The first-order chi connectivity index (χ1) is 12.8. The Kier molecular flexibility index (Phi) is 3.66. The van der Waals surface area contributed by atoms with Crippen LogP contribution < -0.4 is 11.2 Å². The van der Waals surface area contributed by atoms with Crippen LogP contribution in [0.2, 0.25) is 0 Å². The average Bonchev–Trinajstić information content (AvgIpc) is 3.15. The molecule has 8 heteroatoms. The molecule has 1 aromatic carbocycles. The van der Waals surface area contributed by atoms with Crippen molar-refractivity contribution in [3.05, 3.63) is 63.1 Å². The first-order valence-corrected chi connectivity index (χ1v) is 8.60. The second-order valence-corrected chi connectivity index (χ2v) is 6.70. The normalized spacial score (nSPS) is 12.7. The van der Waals surface area contributed by atoms with E-state index in [1.165, 1.54) is 11.5 Å². The lowest BCUT2D eigenvalue weighted by molar-refractivity contribution is -0.119. The van der Waals surface area contributed by atoms with Crippen molar-refractivity contribution in [2.45, 2.75) is 26.8 Å². The van der Waals surface area contributed by atoms with Crippen molar-refractivity contribution in [3.63, 3.8) is 0 Å². The van der Waals surface area contributed by atoms with Crippen LogP contribution in [0, 0.1) is 6.92 Å². The standard InChI is InChI=1S/C19H19N5O3/c1-11-10-22-15-16(20-18(22)23(11)14-8-6-5-7-9-14)21(4)19(27)24(17(15)26)12(2)13(3)25/h5-10,12H,1-4H3/t12-/m1/s1. The molecule has 1 atom stereocenters. The number of carbonyl (C=O) groups excluding carboxylic acids is 1. The number of aromatic nitrogens is 5. The van der Waals surface area contributed by atoms with Gasteiger partial charge in [-0.1, -0.05) is 18.2 Å². The van der Waals surface area contributed by atoms with Crippen molar-refractivity contribution in [2.24, 2.45) is 7.05 Å². The molecule has 0 radical (unpaired) electrons. The fourth-order valence-corrected chi connectivity index (χ4v) is 3.40. The van der Waals surface area contributed by atoms with Crippen LogP contribution in [0.15, 0.2) is 46.1 Å². The predicted molar refractivity (Wildman–Crippen MR) is 102 cm³/mol. The van der Waals surface area contributed by atoms with E-state index in [2.05, 4.69) is 4.98 Å². The largest absolute Gasteiger partial charge is 0.333 e. The lowest BCUT2D eigenvalue weighted by Crippen LogP contribution is -2.42. The molecule has 3 aromatic heterocycles. The van der Waals surface area contributed by atoms with Crippen LogP contribution in [-0.2, 0) is 11.8 Å². The van der Waals surface area contributed by atoms with Gasteiger partial charge >= 0.3 is 5.69 Å². The minimum absolute atomic E-state index is 0.257. The highest BCUT2D eigenvalue weighted by atomic mass is 16.2. The number of benzene rings is 1. The third-order valence-corrected chi connectivity index (χ3v) is 4.96. The number of ketones is 1. The molecule has 0 bridgehead atoms. The molecule has 27 heavy (non-hydrogen) atoms. The summed E-state index contributed by atoms with van der Waals surface area (Å²) < 4.78 is 5.91. The lowest BCUT2D eigenvalue weighted by Gasteiger charge is -2.12. The van der Waals surface area contributed by atoms with Crippen LogP contribution in [0.25, 0.3) is 22.6 Å². The van der Waals surface area contributed by atoms with Crippen LogP contribution in [-0.4, -0.2) is 28.9 Å². The Morgan fingerprint density at radius 2 is 1.81 bits per heavy atom. The zero-order valence-electron chi connectivity index (χ0n) is 15.5. The molecule has 0 spiro atoms. The second kappa shape index (κ2) is 5.80. The fourth-order valence-electron chi connectivity index (χ4n) is 3.40. The summed E-state index contributed by atoms with van der Waals surface area (Å²) in [6.07, 6.45) is 1.81. The van der Waals surface area contributed by atoms with Gasteiger partial charge < -0.3 is 0 Å². The van der Waals surface area contributed by atoms with Crippen molar-refractivity contribution in [2.75, 3.05) is 0 Å². The topological polar surface area (TPSA) is 83.3 Å². The van der Waals surface area contributed by atoms with E-state index in [0.29, 0.717) is 5.78 Å². The highest BCUT2D eigenvalue weighted by molar-refractivity contribution is 5.81. The summed E-state index contributed by atoms with van der Waals surface area (Å²) in [7, 11) is 1.56. The molecule has 0 saturated carbocycles. The van der Waals surface area contributed by atoms with Gasteiger partial charge in [0.1, 0.15) is 0 Å². The van der Waals surface area contributed by atoms with Gasteiger partial charge in [0.2, 0.25) is 5.78 Å². The van der Waals surface area contributed by atoms with E-state index >= 15 is 0 Å². The number of nitrogens with zero attached hydrogens (tertiary/aromatic N) is 5. The Bertz CT molecular complexity index is 1320. The van der Waals surface area contributed by atoms with E-state index in [-0.39, 0.29) is 16.9 Å². The molecule has 0 saturated heterocycles. The SMILES string of the molecule is CC(=O)[C@@H](C)n1c(=O)c2c(nc3n(-c4ccccc4)c(C)cn23)n(C)c1=O. The maximum atomic E-state index is 13.1. The molecule has 8 nitrogen and oxygen atoms in total. The van der Waals surface area contributed by atoms with Gasteiger partial charge in [0.25, 0.3) is 5.56 Å². The molecule has 4 rings (SSSR count). The van der Waals surface area contributed by atoms with Crippen LogP contribution in [0.1, 0.15) is 25.6 Å². The van der Waals surface area contributed by atoms with E-state index in [0.717, 1.165) is 15.9 Å². The molecule has 4 aromatic rings. The number of hydrogen-bond donors (Lipinski definition) is 0. The molecule has 138 valence electrons. The van der Waals surface area contributed by atoms with Crippen molar-refractivity contribution >= 4 is 22.7 Å². The third kappa shape index (κ3) is 2.29. The molecule has 3 heterocycles. The van der Waals surface area contributed by atoms with Gasteiger partial charge in [0.15, 0.2) is 16.9 Å². The maximum absolute atomic E-state index is 13.1. The molecule has 0 amide bonds. The summed E-state index contributed by atoms with van der Waals surface area (Å²) in [6.45, 7) is 4.84. The monoisotopic (exact) mass is 365 g/mol. The fraction of sp³-hybridized carbons (Fsp3) is 0.263. The highest BCUT2D eigenvalue weighted by Crippen LogP contribution is 2.21. The molecule has 0 fully saturated rings. The summed E-state index contributed by atoms with van der Waals surface area (Å²) in [5.41, 5.74) is 1.29. The van der Waals surface area contributed by atoms with E-state index in [1.54, 1.807) is 18.4 Å². The second-order valence-electron chi connectivity index (χ2n) is 6.70. The smallest absolute Gasteiger partial charge is 0.298 e. The Balaban J connectivity index is 2.17. The number of rotatable bonds is 3. The first kappa shape index (κ1) is 17.0. The average molecular weight is 365 g/mol. The third-order valence-electron chi connectivity index (χ3n) is 4.96. The van der Waals surface area contributed by atoms with E-state index in [4.69, 9.17) is 0 Å². The van der Waals surface area contributed by atoms with Gasteiger partial charge in [0, 0.05) is 24.6 Å². The molecular formula is C19H19N5O3. The number of carbonyl (C=O) groups is 1. The van der Waals surface area contributed by atoms with Crippen molar-refractivity contribution in [1.29, 1.82) is 0 Å². The quantitative estimate of drug-likeness (QED) is 0.552. The summed E-state index contributed by atoms with van der Waals surface area (Å²) in [4.78, 5) is 42.2. The van der Waals surface area contributed by atoms with Crippen molar-refractivity contribution in [1.82, 2.24) is 23.1 Å². The number of imidazole rings is 2. The molecule has 0 aliphatic carbocycles. The number of Topliss-reactive ketones (excluding diaryl/α,β-unsaturated/α-hetero) is 1.